The average Bonchev–Trinajstić information content (AvgIpc) is 2.48. The molecule has 0 heterocycles. The van der Waals surface area contributed by atoms with Crippen LogP contribution < -0.4 is 5.32 Å². The Balaban J connectivity index is 2.40. The lowest BCUT2D eigenvalue weighted by atomic mass is 9.76. The number of ether oxygens (including phenoxy) is 1. The highest BCUT2D eigenvalue weighted by molar-refractivity contribution is 6.33. The van der Waals surface area contributed by atoms with Crippen molar-refractivity contribution in [2.24, 2.45) is 0 Å². The van der Waals surface area contributed by atoms with Gasteiger partial charge in [0.2, 0.25) is 0 Å². The van der Waals surface area contributed by atoms with Crippen LogP contribution in [0.25, 0.3) is 0 Å². The Morgan fingerprint density at radius 2 is 1.95 bits per heavy atom. The van der Waals surface area contributed by atoms with Gasteiger partial charge in [-0.25, -0.2) is 0 Å². The maximum Gasteiger partial charge on any atom is 0.0873 e. The number of hydrogen-bond acceptors (Lipinski definition) is 2. The van der Waals surface area contributed by atoms with Gasteiger partial charge >= 0.3 is 0 Å². The van der Waals surface area contributed by atoms with Crippen LogP contribution in [0.1, 0.15) is 50.6 Å². The molecule has 1 aromatic carbocycles. The van der Waals surface area contributed by atoms with E-state index in [0.717, 1.165) is 35.0 Å². The third kappa shape index (κ3) is 3.30. The van der Waals surface area contributed by atoms with Crippen molar-refractivity contribution in [3.05, 3.63) is 33.8 Å². The van der Waals surface area contributed by atoms with Gasteiger partial charge in [0, 0.05) is 17.2 Å². The van der Waals surface area contributed by atoms with Gasteiger partial charge < -0.3 is 10.1 Å². The first kappa shape index (κ1) is 16.1. The molecule has 0 amide bonds. The van der Waals surface area contributed by atoms with Crippen molar-refractivity contribution in [2.45, 2.75) is 50.7 Å². The van der Waals surface area contributed by atoms with E-state index in [1.165, 1.54) is 19.3 Å². The third-order valence-electron chi connectivity index (χ3n) is 4.31. The largest absolute Gasteiger partial charge is 0.376 e. The summed E-state index contributed by atoms with van der Waals surface area (Å²) in [5.74, 6) is 0. The van der Waals surface area contributed by atoms with E-state index in [9.17, 15) is 0 Å². The van der Waals surface area contributed by atoms with Crippen molar-refractivity contribution in [3.63, 3.8) is 0 Å². The lowest BCUT2D eigenvalue weighted by Crippen LogP contribution is -2.47. The zero-order chi connectivity index (χ0) is 14.6. The quantitative estimate of drug-likeness (QED) is 0.826. The van der Waals surface area contributed by atoms with Crippen LogP contribution >= 0.6 is 23.2 Å². The number of halogens is 2. The van der Waals surface area contributed by atoms with Crippen molar-refractivity contribution in [1.29, 1.82) is 0 Å². The molecule has 0 bridgehead atoms. The summed E-state index contributed by atoms with van der Waals surface area (Å²) in [6, 6.07) is 5.75. The van der Waals surface area contributed by atoms with Gasteiger partial charge in [-0.1, -0.05) is 49.4 Å². The Morgan fingerprint density at radius 3 is 2.55 bits per heavy atom. The fourth-order valence-electron chi connectivity index (χ4n) is 3.28. The van der Waals surface area contributed by atoms with Gasteiger partial charge in [-0.05, 0) is 43.1 Å². The van der Waals surface area contributed by atoms with E-state index in [1.54, 1.807) is 0 Å². The van der Waals surface area contributed by atoms with Gasteiger partial charge in [-0.2, -0.15) is 0 Å². The summed E-state index contributed by atoms with van der Waals surface area (Å²) in [4.78, 5) is 0. The average molecular weight is 316 g/mol. The fraction of sp³-hybridized carbons (Fsp3) is 0.625. The van der Waals surface area contributed by atoms with Crippen molar-refractivity contribution < 1.29 is 4.74 Å². The van der Waals surface area contributed by atoms with Crippen LogP contribution in [0.2, 0.25) is 10.0 Å². The molecule has 4 heteroatoms. The molecule has 0 aliphatic heterocycles. The molecule has 1 aliphatic rings. The summed E-state index contributed by atoms with van der Waals surface area (Å²) in [5, 5.41) is 5.03. The highest BCUT2D eigenvalue weighted by Crippen LogP contribution is 2.43. The molecule has 112 valence electrons. The molecular weight excluding hydrogens is 293 g/mol. The van der Waals surface area contributed by atoms with Gasteiger partial charge in [-0.15, -0.1) is 0 Å². The normalized spacial score (nSPS) is 19.8. The van der Waals surface area contributed by atoms with Gasteiger partial charge in [0.05, 0.1) is 11.6 Å². The fourth-order valence-corrected chi connectivity index (χ4v) is 3.69. The second-order valence-electron chi connectivity index (χ2n) is 5.49. The molecule has 2 rings (SSSR count). The lowest BCUT2D eigenvalue weighted by molar-refractivity contribution is -0.0684. The molecule has 1 aromatic rings. The van der Waals surface area contributed by atoms with Crippen LogP contribution in [0.5, 0.6) is 0 Å². The van der Waals surface area contributed by atoms with Gasteiger partial charge in [-0.3, -0.25) is 0 Å². The predicted octanol–water partition coefficient (Wildman–Crippen LogP) is 4.99. The first-order valence-corrected chi connectivity index (χ1v) is 8.12. The zero-order valence-corrected chi connectivity index (χ0v) is 13.7. The summed E-state index contributed by atoms with van der Waals surface area (Å²) >= 11 is 12.6. The summed E-state index contributed by atoms with van der Waals surface area (Å²) in [5.41, 5.74) is 0.868. The van der Waals surface area contributed by atoms with Gasteiger partial charge in [0.25, 0.3) is 0 Å². The molecule has 1 N–H and O–H groups in total. The summed E-state index contributed by atoms with van der Waals surface area (Å²) in [6.45, 7) is 2.98. The molecular formula is C16H23Cl2NO. The summed E-state index contributed by atoms with van der Waals surface area (Å²) in [6.07, 6.45) is 5.81. The molecule has 0 aromatic heterocycles. The molecule has 1 fully saturated rings. The Labute approximate surface area is 131 Å². The molecule has 1 aliphatic carbocycles. The van der Waals surface area contributed by atoms with Gasteiger partial charge in [0.1, 0.15) is 0 Å². The molecule has 1 atom stereocenters. The second kappa shape index (κ2) is 7.13. The molecule has 1 saturated carbocycles. The van der Waals surface area contributed by atoms with Crippen LogP contribution in [0.4, 0.5) is 0 Å². The molecule has 0 saturated heterocycles. The van der Waals surface area contributed by atoms with Crippen molar-refractivity contribution in [2.75, 3.05) is 13.7 Å². The Hall–Kier alpha value is -0.280. The standard InChI is InChI=1S/C16H23Cl2NO/c1-3-19-15(13-11-12(17)7-8-14(13)18)16(20-2)9-5-4-6-10-16/h7-8,11,15,19H,3-6,9-10H2,1-2H3. The molecule has 0 spiro atoms. The Morgan fingerprint density at radius 1 is 1.25 bits per heavy atom. The van der Waals surface area contributed by atoms with Crippen LogP contribution in [-0.4, -0.2) is 19.3 Å². The van der Waals surface area contributed by atoms with Crippen LogP contribution in [-0.2, 0) is 4.74 Å². The Kier molecular flexibility index (Phi) is 5.74. The van der Waals surface area contributed by atoms with E-state index in [-0.39, 0.29) is 11.6 Å². The zero-order valence-electron chi connectivity index (χ0n) is 12.2. The SMILES string of the molecule is CCNC(c1cc(Cl)ccc1Cl)C1(OC)CCCCC1. The minimum absolute atomic E-state index is 0.0870. The number of benzene rings is 1. The van der Waals surface area contributed by atoms with Crippen molar-refractivity contribution >= 4 is 23.2 Å². The first-order chi connectivity index (χ1) is 9.63. The predicted molar refractivity (Wildman–Crippen MR) is 85.7 cm³/mol. The number of rotatable bonds is 5. The van der Waals surface area contributed by atoms with E-state index < -0.39 is 0 Å². The maximum absolute atomic E-state index is 6.41. The number of hydrogen-bond donors (Lipinski definition) is 1. The van der Waals surface area contributed by atoms with E-state index in [4.69, 9.17) is 27.9 Å². The smallest absolute Gasteiger partial charge is 0.0873 e. The van der Waals surface area contributed by atoms with E-state index in [1.807, 2.05) is 25.3 Å². The monoisotopic (exact) mass is 315 g/mol. The maximum atomic E-state index is 6.41. The molecule has 2 nitrogen and oxygen atoms in total. The van der Waals surface area contributed by atoms with E-state index >= 15 is 0 Å². The molecule has 0 radical (unpaired) electrons. The highest BCUT2D eigenvalue weighted by Gasteiger charge is 2.41. The van der Waals surface area contributed by atoms with E-state index in [2.05, 4.69) is 12.2 Å². The number of nitrogens with one attached hydrogen (secondary N) is 1. The van der Waals surface area contributed by atoms with Crippen molar-refractivity contribution in [3.8, 4) is 0 Å². The minimum atomic E-state index is -0.178. The number of methoxy groups -OCH3 is 1. The third-order valence-corrected chi connectivity index (χ3v) is 4.89. The topological polar surface area (TPSA) is 21.3 Å². The van der Waals surface area contributed by atoms with Crippen LogP contribution in [0.15, 0.2) is 18.2 Å². The van der Waals surface area contributed by atoms with Crippen LogP contribution in [0.3, 0.4) is 0 Å². The summed E-state index contributed by atoms with van der Waals surface area (Å²) < 4.78 is 5.98. The summed E-state index contributed by atoms with van der Waals surface area (Å²) in [7, 11) is 1.81. The number of likely N-dealkylation sites (N-methyl/N-ethyl adjacent to an activating group) is 1. The first-order valence-electron chi connectivity index (χ1n) is 7.36. The highest BCUT2D eigenvalue weighted by atomic mass is 35.5. The van der Waals surface area contributed by atoms with E-state index in [0.29, 0.717) is 0 Å². The lowest BCUT2D eigenvalue weighted by Gasteiger charge is -2.43. The molecule has 1 unspecified atom stereocenters. The second-order valence-corrected chi connectivity index (χ2v) is 6.33. The Bertz CT molecular complexity index is 444. The van der Waals surface area contributed by atoms with Crippen LogP contribution in [0, 0.1) is 0 Å². The minimum Gasteiger partial charge on any atom is -0.376 e. The van der Waals surface area contributed by atoms with Crippen molar-refractivity contribution in [1.82, 2.24) is 5.32 Å². The molecule has 20 heavy (non-hydrogen) atoms. The van der Waals surface area contributed by atoms with Gasteiger partial charge in [0.15, 0.2) is 0 Å².